The first-order chi connectivity index (χ1) is 13.6. The van der Waals surface area contributed by atoms with Crippen LogP contribution in [-0.2, 0) is 20.9 Å². The third kappa shape index (κ3) is 4.63. The van der Waals surface area contributed by atoms with E-state index < -0.39 is 29.2 Å². The molecule has 0 radical (unpaired) electrons. The Morgan fingerprint density at radius 1 is 1.10 bits per heavy atom. The molecule has 0 aliphatic carbocycles. The number of ether oxygens (including phenoxy) is 2. The van der Waals surface area contributed by atoms with Gasteiger partial charge >= 0.3 is 18.2 Å². The van der Waals surface area contributed by atoms with Crippen LogP contribution in [0.5, 0.6) is 0 Å². The Labute approximate surface area is 170 Å². The Kier molecular flexibility index (Phi) is 5.73. The SMILES string of the molecule is CC(C)(C)OC(=O)N1CC2CN(C(=O)OCc3ccccc3)CCC2(C(=O)O)C1. The van der Waals surface area contributed by atoms with Crippen LogP contribution in [0.1, 0.15) is 32.8 Å². The Balaban J connectivity index is 1.65. The van der Waals surface area contributed by atoms with Crippen LogP contribution >= 0.6 is 0 Å². The maximum absolute atomic E-state index is 12.5. The number of benzene rings is 1. The van der Waals surface area contributed by atoms with Gasteiger partial charge in [0.05, 0.1) is 5.41 Å². The van der Waals surface area contributed by atoms with Crippen LogP contribution in [0.15, 0.2) is 30.3 Å². The van der Waals surface area contributed by atoms with E-state index in [0.717, 1.165) is 5.56 Å². The summed E-state index contributed by atoms with van der Waals surface area (Å²) >= 11 is 0. The maximum Gasteiger partial charge on any atom is 0.410 e. The summed E-state index contributed by atoms with van der Waals surface area (Å²) in [6.45, 7) is 6.31. The Morgan fingerprint density at radius 2 is 1.76 bits per heavy atom. The van der Waals surface area contributed by atoms with Gasteiger partial charge in [0.15, 0.2) is 0 Å². The zero-order valence-electron chi connectivity index (χ0n) is 17.1. The van der Waals surface area contributed by atoms with Crippen molar-refractivity contribution in [1.29, 1.82) is 0 Å². The van der Waals surface area contributed by atoms with Crippen molar-refractivity contribution in [2.75, 3.05) is 26.2 Å². The predicted octanol–water partition coefficient (Wildman–Crippen LogP) is 2.97. The topological polar surface area (TPSA) is 96.4 Å². The molecule has 2 fully saturated rings. The number of fused-ring (bicyclic) bond motifs is 1. The summed E-state index contributed by atoms with van der Waals surface area (Å²) in [5.41, 5.74) is -0.837. The number of amides is 2. The van der Waals surface area contributed by atoms with Gasteiger partial charge in [0.1, 0.15) is 12.2 Å². The first-order valence-corrected chi connectivity index (χ1v) is 9.78. The quantitative estimate of drug-likeness (QED) is 0.832. The van der Waals surface area contributed by atoms with Crippen LogP contribution in [0.2, 0.25) is 0 Å². The molecule has 2 saturated heterocycles. The molecule has 2 atom stereocenters. The summed E-state index contributed by atoms with van der Waals surface area (Å²) in [7, 11) is 0. The summed E-state index contributed by atoms with van der Waals surface area (Å²) in [4.78, 5) is 40.0. The highest BCUT2D eigenvalue weighted by atomic mass is 16.6. The molecule has 2 aliphatic heterocycles. The smallest absolute Gasteiger partial charge is 0.410 e. The molecule has 8 heteroatoms. The van der Waals surface area contributed by atoms with Crippen LogP contribution in [-0.4, -0.2) is 64.8 Å². The molecule has 2 amide bonds. The summed E-state index contributed by atoms with van der Waals surface area (Å²) in [6.07, 6.45) is -0.721. The van der Waals surface area contributed by atoms with E-state index >= 15 is 0 Å². The van der Waals surface area contributed by atoms with Crippen molar-refractivity contribution in [3.8, 4) is 0 Å². The maximum atomic E-state index is 12.5. The molecule has 1 aromatic carbocycles. The van der Waals surface area contributed by atoms with Crippen LogP contribution in [0.4, 0.5) is 9.59 Å². The minimum Gasteiger partial charge on any atom is -0.481 e. The number of carbonyl (C=O) groups is 3. The summed E-state index contributed by atoms with van der Waals surface area (Å²) < 4.78 is 10.8. The summed E-state index contributed by atoms with van der Waals surface area (Å²) in [5, 5.41) is 9.89. The van der Waals surface area contributed by atoms with Crippen molar-refractivity contribution < 1.29 is 29.0 Å². The lowest BCUT2D eigenvalue weighted by Crippen LogP contribution is -2.52. The minimum atomic E-state index is -1.06. The third-order valence-electron chi connectivity index (χ3n) is 5.50. The zero-order chi connectivity index (χ0) is 21.2. The third-order valence-corrected chi connectivity index (χ3v) is 5.50. The fraction of sp³-hybridized carbons (Fsp3) is 0.571. The number of hydrogen-bond donors (Lipinski definition) is 1. The number of carbonyl (C=O) groups excluding carboxylic acids is 2. The lowest BCUT2D eigenvalue weighted by molar-refractivity contribution is -0.153. The Bertz CT molecular complexity index is 775. The van der Waals surface area contributed by atoms with E-state index in [4.69, 9.17) is 9.47 Å². The molecule has 0 spiro atoms. The Hall–Kier alpha value is -2.77. The molecule has 0 saturated carbocycles. The van der Waals surface area contributed by atoms with Gasteiger partial charge in [-0.15, -0.1) is 0 Å². The number of aliphatic carboxylic acids is 1. The average Bonchev–Trinajstić information content (AvgIpc) is 3.06. The largest absolute Gasteiger partial charge is 0.481 e. The second-order valence-corrected chi connectivity index (χ2v) is 8.76. The van der Waals surface area contributed by atoms with Crippen LogP contribution in [0.25, 0.3) is 0 Å². The van der Waals surface area contributed by atoms with Crippen molar-refractivity contribution in [3.05, 3.63) is 35.9 Å². The minimum absolute atomic E-state index is 0.0921. The van der Waals surface area contributed by atoms with Gasteiger partial charge in [-0.05, 0) is 32.8 Å². The Morgan fingerprint density at radius 3 is 2.38 bits per heavy atom. The van der Waals surface area contributed by atoms with E-state index in [2.05, 4.69) is 0 Å². The number of piperidine rings is 1. The van der Waals surface area contributed by atoms with Gasteiger partial charge in [0, 0.05) is 32.1 Å². The molecule has 2 heterocycles. The standard InChI is InChI=1S/C21H28N2O6/c1-20(2,3)29-19(27)23-12-16-11-22(10-9-21(16,14-23)17(24)25)18(26)28-13-15-7-5-4-6-8-15/h4-8,16H,9-14H2,1-3H3,(H,24,25). The molecule has 2 unspecified atom stereocenters. The van der Waals surface area contributed by atoms with Crippen LogP contribution in [0.3, 0.4) is 0 Å². The number of rotatable bonds is 3. The molecular formula is C21H28N2O6. The van der Waals surface area contributed by atoms with E-state index in [1.165, 1.54) is 9.80 Å². The molecule has 0 aromatic heterocycles. The lowest BCUT2D eigenvalue weighted by atomic mass is 9.72. The van der Waals surface area contributed by atoms with Gasteiger partial charge in [-0.1, -0.05) is 30.3 Å². The number of nitrogens with zero attached hydrogens (tertiary/aromatic N) is 2. The van der Waals surface area contributed by atoms with Crippen molar-refractivity contribution in [2.24, 2.45) is 11.3 Å². The molecule has 0 bridgehead atoms. The molecule has 1 aromatic rings. The van der Waals surface area contributed by atoms with E-state index in [1.807, 2.05) is 30.3 Å². The van der Waals surface area contributed by atoms with Gasteiger partial charge in [-0.3, -0.25) is 4.79 Å². The highest BCUT2D eigenvalue weighted by Crippen LogP contribution is 2.43. The summed E-state index contributed by atoms with van der Waals surface area (Å²) in [5.74, 6) is -1.31. The molecule has 29 heavy (non-hydrogen) atoms. The van der Waals surface area contributed by atoms with Crippen molar-refractivity contribution in [1.82, 2.24) is 9.80 Å². The normalized spacial score (nSPS) is 24.0. The number of hydrogen-bond acceptors (Lipinski definition) is 5. The summed E-state index contributed by atoms with van der Waals surface area (Å²) in [6, 6.07) is 9.37. The number of carboxylic acids is 1. The zero-order valence-corrected chi connectivity index (χ0v) is 17.1. The van der Waals surface area contributed by atoms with E-state index in [1.54, 1.807) is 20.8 Å². The molecule has 2 aliphatic rings. The van der Waals surface area contributed by atoms with Crippen molar-refractivity contribution in [2.45, 2.75) is 39.4 Å². The molecule has 3 rings (SSSR count). The second kappa shape index (κ2) is 7.93. The first-order valence-electron chi connectivity index (χ1n) is 9.78. The van der Waals surface area contributed by atoms with Crippen molar-refractivity contribution in [3.63, 3.8) is 0 Å². The van der Waals surface area contributed by atoms with Crippen LogP contribution in [0, 0.1) is 11.3 Å². The first kappa shape index (κ1) is 21.0. The fourth-order valence-corrected chi connectivity index (χ4v) is 3.97. The number of likely N-dealkylation sites (tertiary alicyclic amines) is 2. The monoisotopic (exact) mass is 404 g/mol. The highest BCUT2D eigenvalue weighted by Gasteiger charge is 2.57. The average molecular weight is 404 g/mol. The number of carboxylic acid groups (broad SMARTS) is 1. The fourth-order valence-electron chi connectivity index (χ4n) is 3.97. The van der Waals surface area contributed by atoms with Gasteiger partial charge in [-0.2, -0.15) is 0 Å². The molecule has 158 valence electrons. The molecule has 1 N–H and O–H groups in total. The lowest BCUT2D eigenvalue weighted by Gasteiger charge is -2.39. The van der Waals surface area contributed by atoms with Gasteiger partial charge in [0.25, 0.3) is 0 Å². The van der Waals surface area contributed by atoms with E-state index in [0.29, 0.717) is 0 Å². The van der Waals surface area contributed by atoms with Gasteiger partial charge in [0.2, 0.25) is 0 Å². The predicted molar refractivity (Wildman–Crippen MR) is 104 cm³/mol. The molecule has 8 nitrogen and oxygen atoms in total. The van der Waals surface area contributed by atoms with Crippen LogP contribution < -0.4 is 0 Å². The van der Waals surface area contributed by atoms with Crippen molar-refractivity contribution >= 4 is 18.2 Å². The van der Waals surface area contributed by atoms with Gasteiger partial charge < -0.3 is 24.4 Å². The second-order valence-electron chi connectivity index (χ2n) is 8.76. The van der Waals surface area contributed by atoms with Gasteiger partial charge in [-0.25, -0.2) is 9.59 Å². The highest BCUT2D eigenvalue weighted by molar-refractivity contribution is 5.79. The van der Waals surface area contributed by atoms with E-state index in [9.17, 15) is 19.5 Å². The molecular weight excluding hydrogens is 376 g/mol. The van der Waals surface area contributed by atoms with E-state index in [-0.39, 0.29) is 45.1 Å².